The van der Waals surface area contributed by atoms with Crippen molar-refractivity contribution in [3.63, 3.8) is 0 Å². The van der Waals surface area contributed by atoms with Gasteiger partial charge in [0.05, 0.1) is 7.05 Å². The normalized spacial score (nSPS) is 34.9. The van der Waals surface area contributed by atoms with Crippen LogP contribution in [0, 0.1) is 10.6 Å². The zero-order valence-corrected chi connectivity index (χ0v) is 4.97. The molecule has 5 heteroatoms. The minimum absolute atomic E-state index is 0.168. The van der Waals surface area contributed by atoms with Crippen LogP contribution in [-0.4, -0.2) is 30.1 Å². The van der Waals surface area contributed by atoms with Crippen molar-refractivity contribution < 1.29 is 9.44 Å². The molecule has 0 aromatic rings. The fourth-order valence-corrected chi connectivity index (χ4v) is 0.643. The largest absolute Gasteiger partial charge is 0.625 e. The number of nitrogens with one attached hydrogen (secondary N) is 2. The molecule has 1 saturated heterocycles. The number of quaternary nitrogens is 1. The molecule has 0 bridgehead atoms. The van der Waals surface area contributed by atoms with Gasteiger partial charge in [0.15, 0.2) is 6.54 Å². The summed E-state index contributed by atoms with van der Waals surface area (Å²) in [6.07, 6.45) is 0. The first-order valence-electron chi connectivity index (χ1n) is 2.48. The number of likely N-dealkylation sites (N-methyl/N-ethyl adjacent to an activating group) is 1. The molecule has 5 nitrogen and oxygen atoms in total. The van der Waals surface area contributed by atoms with Crippen molar-refractivity contribution in [3.8, 4) is 0 Å². The molecule has 1 fully saturated rings. The van der Waals surface area contributed by atoms with Gasteiger partial charge in [-0.3, -0.25) is 14.8 Å². The highest BCUT2D eigenvalue weighted by atomic mass is 16.6. The van der Waals surface area contributed by atoms with E-state index in [0.717, 1.165) is 0 Å². The van der Waals surface area contributed by atoms with Crippen LogP contribution in [0.2, 0.25) is 0 Å². The summed E-state index contributed by atoms with van der Waals surface area (Å²) >= 11 is 0. The van der Waals surface area contributed by atoms with Crippen LogP contribution >= 0.6 is 0 Å². The molecule has 9 heavy (non-hydrogen) atoms. The Bertz CT molecular complexity index is 175. The third kappa shape index (κ3) is 0.914. The quantitative estimate of drug-likeness (QED) is 0.325. The van der Waals surface area contributed by atoms with Crippen molar-refractivity contribution >= 4 is 11.9 Å². The molecular formula is C4H7N3O2. The molecule has 1 aliphatic rings. The summed E-state index contributed by atoms with van der Waals surface area (Å²) in [5, 5.41) is 19.9. The number of carbonyl (C=O) groups excluding carboxylic acids is 1. The second-order valence-corrected chi connectivity index (χ2v) is 2.16. The number of guanidine groups is 1. The first-order valence-corrected chi connectivity index (χ1v) is 2.48. The molecule has 1 rings (SSSR count). The fraction of sp³-hybridized carbons (Fsp3) is 0.500. The second-order valence-electron chi connectivity index (χ2n) is 2.16. The van der Waals surface area contributed by atoms with Crippen LogP contribution in [-0.2, 0) is 4.79 Å². The molecule has 1 amide bonds. The maximum atomic E-state index is 10.9. The molecule has 2 N–H and O–H groups in total. The Hall–Kier alpha value is -0.940. The number of hydrogen-bond donors (Lipinski definition) is 2. The van der Waals surface area contributed by atoms with Crippen LogP contribution in [0.25, 0.3) is 0 Å². The Balaban J connectivity index is 2.81. The number of hydrogen-bond acceptors (Lipinski definition) is 3. The van der Waals surface area contributed by atoms with Gasteiger partial charge in [-0.25, -0.2) is 5.41 Å². The zero-order valence-electron chi connectivity index (χ0n) is 4.97. The Morgan fingerprint density at radius 3 is 2.56 bits per heavy atom. The van der Waals surface area contributed by atoms with E-state index in [0.29, 0.717) is 0 Å². The van der Waals surface area contributed by atoms with E-state index in [9.17, 15) is 10.0 Å². The van der Waals surface area contributed by atoms with E-state index in [1.54, 1.807) is 0 Å². The molecule has 50 valence electrons. The highest BCUT2D eigenvalue weighted by molar-refractivity contribution is 5.98. The third-order valence-electron chi connectivity index (χ3n) is 1.18. The highest BCUT2D eigenvalue weighted by Crippen LogP contribution is 2.03. The lowest BCUT2D eigenvalue weighted by Gasteiger charge is -2.28. The molecule has 0 aromatic heterocycles. The van der Waals surface area contributed by atoms with Crippen LogP contribution in [0.3, 0.4) is 0 Å². The van der Waals surface area contributed by atoms with Gasteiger partial charge < -0.3 is 5.21 Å². The Kier molecular flexibility index (Phi) is 1.04. The first kappa shape index (κ1) is 6.18. The topological polar surface area (TPSA) is 76.0 Å². The minimum atomic E-state index is -0.904. The monoisotopic (exact) mass is 129 g/mol. The van der Waals surface area contributed by atoms with E-state index in [1.807, 2.05) is 0 Å². The van der Waals surface area contributed by atoms with Gasteiger partial charge in [-0.15, -0.1) is 0 Å². The lowest BCUT2D eigenvalue weighted by Crippen LogP contribution is -2.40. The van der Waals surface area contributed by atoms with E-state index in [4.69, 9.17) is 5.41 Å². The number of rotatable bonds is 0. The standard InChI is InChI=1S/C4H7N3O2/c1-7(9)2-3(8)6-4(7)5/h2H2,1H3,(H2,5,6,8). The Morgan fingerprint density at radius 1 is 1.89 bits per heavy atom. The van der Waals surface area contributed by atoms with Crippen LogP contribution in [0.15, 0.2) is 0 Å². The van der Waals surface area contributed by atoms with Crippen molar-refractivity contribution in [1.29, 1.82) is 5.41 Å². The number of nitrogens with zero attached hydrogens (tertiary/aromatic N) is 1. The van der Waals surface area contributed by atoms with Crippen LogP contribution in [0.5, 0.6) is 0 Å². The van der Waals surface area contributed by atoms with Gasteiger partial charge in [-0.05, 0) is 0 Å². The van der Waals surface area contributed by atoms with Gasteiger partial charge in [0.25, 0.3) is 5.91 Å². The van der Waals surface area contributed by atoms with Gasteiger partial charge in [0, 0.05) is 0 Å². The number of hydroxylamine groups is 3. The van der Waals surface area contributed by atoms with Gasteiger partial charge in [0.2, 0.25) is 0 Å². The number of carbonyl (C=O) groups is 1. The summed E-state index contributed by atoms with van der Waals surface area (Å²) in [6.45, 7) is -0.168. The summed E-state index contributed by atoms with van der Waals surface area (Å²) in [4.78, 5) is 10.4. The average molecular weight is 129 g/mol. The van der Waals surface area contributed by atoms with Crippen molar-refractivity contribution in [2.45, 2.75) is 0 Å². The molecule has 0 saturated carbocycles. The van der Waals surface area contributed by atoms with Crippen molar-refractivity contribution in [1.82, 2.24) is 5.32 Å². The van der Waals surface area contributed by atoms with Gasteiger partial charge in [0.1, 0.15) is 0 Å². The van der Waals surface area contributed by atoms with Crippen molar-refractivity contribution in [2.75, 3.05) is 13.6 Å². The van der Waals surface area contributed by atoms with Gasteiger partial charge in [-0.2, -0.15) is 0 Å². The van der Waals surface area contributed by atoms with E-state index in [2.05, 4.69) is 5.32 Å². The van der Waals surface area contributed by atoms with E-state index < -0.39 is 4.65 Å². The van der Waals surface area contributed by atoms with E-state index in [1.165, 1.54) is 7.05 Å². The maximum absolute atomic E-state index is 10.9. The summed E-state index contributed by atoms with van der Waals surface area (Å²) < 4.78 is -0.904. The fourth-order valence-electron chi connectivity index (χ4n) is 0.643. The van der Waals surface area contributed by atoms with Gasteiger partial charge >= 0.3 is 5.96 Å². The van der Waals surface area contributed by atoms with Crippen molar-refractivity contribution in [2.24, 2.45) is 0 Å². The van der Waals surface area contributed by atoms with E-state index in [-0.39, 0.29) is 18.4 Å². The molecule has 1 aliphatic heterocycles. The van der Waals surface area contributed by atoms with E-state index >= 15 is 0 Å². The predicted octanol–water partition coefficient (Wildman–Crippen LogP) is -1.00. The summed E-state index contributed by atoms with van der Waals surface area (Å²) in [5.41, 5.74) is 0. The Morgan fingerprint density at radius 2 is 2.44 bits per heavy atom. The molecule has 0 radical (unpaired) electrons. The number of amides is 1. The lowest BCUT2D eigenvalue weighted by molar-refractivity contribution is -0.754. The first-order chi connectivity index (χ1) is 4.02. The highest BCUT2D eigenvalue weighted by Gasteiger charge is 2.31. The lowest BCUT2D eigenvalue weighted by atomic mass is 10.6. The molecular weight excluding hydrogens is 122 g/mol. The average Bonchev–Trinajstić information content (AvgIpc) is 1.79. The molecule has 1 unspecified atom stereocenters. The van der Waals surface area contributed by atoms with Gasteiger partial charge in [-0.1, -0.05) is 0 Å². The predicted molar refractivity (Wildman–Crippen MR) is 30.3 cm³/mol. The SMILES string of the molecule is C[N+]1([O-])CC(=O)NC1=N. The smallest absolute Gasteiger partial charge is 0.301 e. The summed E-state index contributed by atoms with van der Waals surface area (Å²) in [7, 11) is 1.26. The van der Waals surface area contributed by atoms with Crippen LogP contribution < -0.4 is 5.32 Å². The third-order valence-corrected chi connectivity index (χ3v) is 1.18. The molecule has 1 atom stereocenters. The molecule has 1 heterocycles. The van der Waals surface area contributed by atoms with Crippen LogP contribution in [0.1, 0.15) is 0 Å². The molecule has 0 spiro atoms. The second kappa shape index (κ2) is 1.52. The molecule has 0 aliphatic carbocycles. The van der Waals surface area contributed by atoms with Crippen molar-refractivity contribution in [3.05, 3.63) is 5.21 Å². The molecule has 0 aromatic carbocycles. The Labute approximate surface area is 51.9 Å². The summed E-state index contributed by atoms with van der Waals surface area (Å²) in [6, 6.07) is 0. The van der Waals surface area contributed by atoms with Crippen LogP contribution in [0.4, 0.5) is 0 Å². The summed E-state index contributed by atoms with van der Waals surface area (Å²) in [5.74, 6) is -0.655. The zero-order chi connectivity index (χ0) is 7.07. The maximum Gasteiger partial charge on any atom is 0.301 e. The minimum Gasteiger partial charge on any atom is -0.625 e.